The van der Waals surface area contributed by atoms with Crippen LogP contribution in [0.4, 0.5) is 11.6 Å². The lowest BCUT2D eigenvalue weighted by Gasteiger charge is -2.29. The molecule has 3 heterocycles. The van der Waals surface area contributed by atoms with Gasteiger partial charge < -0.3 is 15.4 Å². The second-order valence-corrected chi connectivity index (χ2v) is 9.68. The molecule has 6 rings (SSSR count). The molecule has 0 radical (unpaired) electrons. The molecular weight excluding hydrogens is 500 g/mol. The Morgan fingerprint density at radius 2 is 1.80 bits per heavy atom. The predicted octanol–water partition coefficient (Wildman–Crippen LogP) is 6.16. The molecule has 8 heteroatoms. The van der Waals surface area contributed by atoms with Crippen LogP contribution in [-0.4, -0.2) is 25.7 Å². The van der Waals surface area contributed by atoms with Gasteiger partial charge in [-0.3, -0.25) is 9.78 Å². The summed E-state index contributed by atoms with van der Waals surface area (Å²) >= 11 is 0. The second kappa shape index (κ2) is 10.9. The van der Waals surface area contributed by atoms with Crippen molar-refractivity contribution in [2.45, 2.75) is 26.5 Å². The molecule has 0 bridgehead atoms. The Bertz CT molecular complexity index is 1680. The van der Waals surface area contributed by atoms with Crippen LogP contribution in [0.25, 0.3) is 11.4 Å². The number of allylic oxidation sites excluding steroid dienone is 1. The SMILES string of the molecule is CC1=C(C(=O)Nc2cccnc2)C(c2cccc(OCc3ccccc3)c2)n2nc(-c3ccc(C)cc3)nc2N1. The smallest absolute Gasteiger partial charge is 0.255 e. The lowest BCUT2D eigenvalue weighted by atomic mass is 9.95. The van der Waals surface area contributed by atoms with Gasteiger partial charge in [-0.05, 0) is 49.2 Å². The van der Waals surface area contributed by atoms with Crippen LogP contribution >= 0.6 is 0 Å². The van der Waals surface area contributed by atoms with Crippen molar-refractivity contribution in [3.8, 4) is 17.1 Å². The van der Waals surface area contributed by atoms with Crippen molar-refractivity contribution in [1.82, 2.24) is 19.7 Å². The number of carbonyl (C=O) groups excluding carboxylic acids is 1. The van der Waals surface area contributed by atoms with Crippen LogP contribution in [0.2, 0.25) is 0 Å². The monoisotopic (exact) mass is 528 g/mol. The molecule has 3 aromatic carbocycles. The van der Waals surface area contributed by atoms with Gasteiger partial charge in [-0.25, -0.2) is 4.68 Å². The highest BCUT2D eigenvalue weighted by Gasteiger charge is 2.34. The number of fused-ring (bicyclic) bond motifs is 1. The van der Waals surface area contributed by atoms with E-state index < -0.39 is 6.04 Å². The van der Waals surface area contributed by atoms with Crippen molar-refractivity contribution in [3.63, 3.8) is 0 Å². The maximum atomic E-state index is 13.8. The van der Waals surface area contributed by atoms with Crippen molar-refractivity contribution < 1.29 is 9.53 Å². The highest BCUT2D eigenvalue weighted by molar-refractivity contribution is 6.06. The second-order valence-electron chi connectivity index (χ2n) is 9.68. The molecule has 2 N–H and O–H groups in total. The van der Waals surface area contributed by atoms with Gasteiger partial charge in [0.25, 0.3) is 5.91 Å². The number of ether oxygens (including phenoxy) is 1. The fourth-order valence-corrected chi connectivity index (χ4v) is 4.73. The first kappa shape index (κ1) is 25.1. The minimum absolute atomic E-state index is 0.253. The summed E-state index contributed by atoms with van der Waals surface area (Å²) in [6, 6.07) is 28.9. The van der Waals surface area contributed by atoms with E-state index in [1.807, 2.05) is 92.7 Å². The van der Waals surface area contributed by atoms with E-state index in [0.717, 1.165) is 22.3 Å². The van der Waals surface area contributed by atoms with E-state index in [-0.39, 0.29) is 5.91 Å². The zero-order valence-electron chi connectivity index (χ0n) is 22.2. The van der Waals surface area contributed by atoms with Crippen LogP contribution in [0.1, 0.15) is 29.7 Å². The molecule has 2 aromatic heterocycles. The van der Waals surface area contributed by atoms with Gasteiger partial charge >= 0.3 is 0 Å². The lowest BCUT2D eigenvalue weighted by molar-refractivity contribution is -0.113. The first-order chi connectivity index (χ1) is 19.5. The molecule has 198 valence electrons. The van der Waals surface area contributed by atoms with Gasteiger partial charge in [0.15, 0.2) is 5.82 Å². The third-order valence-electron chi connectivity index (χ3n) is 6.75. The summed E-state index contributed by atoms with van der Waals surface area (Å²) in [5.74, 6) is 1.58. The van der Waals surface area contributed by atoms with Crippen molar-refractivity contribution >= 4 is 17.5 Å². The Hall–Kier alpha value is -5.24. The minimum atomic E-state index is -0.542. The number of aryl methyl sites for hydroxylation is 1. The largest absolute Gasteiger partial charge is 0.489 e. The van der Waals surface area contributed by atoms with E-state index in [1.54, 1.807) is 29.2 Å². The van der Waals surface area contributed by atoms with E-state index in [0.29, 0.717) is 41.1 Å². The zero-order valence-corrected chi connectivity index (χ0v) is 22.2. The van der Waals surface area contributed by atoms with Crippen molar-refractivity contribution in [1.29, 1.82) is 0 Å². The predicted molar refractivity (Wildman–Crippen MR) is 155 cm³/mol. The molecular formula is C32H28N6O2. The van der Waals surface area contributed by atoms with Crippen LogP contribution in [-0.2, 0) is 11.4 Å². The summed E-state index contributed by atoms with van der Waals surface area (Å²) in [6.45, 7) is 4.36. The number of carbonyl (C=O) groups is 1. The molecule has 0 saturated carbocycles. The van der Waals surface area contributed by atoms with Crippen LogP contribution in [0, 0.1) is 6.92 Å². The summed E-state index contributed by atoms with van der Waals surface area (Å²) < 4.78 is 7.90. The summed E-state index contributed by atoms with van der Waals surface area (Å²) in [5.41, 5.74) is 5.80. The summed E-state index contributed by atoms with van der Waals surface area (Å²) in [6.07, 6.45) is 3.29. The Balaban J connectivity index is 1.39. The molecule has 5 aromatic rings. The van der Waals surface area contributed by atoms with Crippen molar-refractivity contribution in [2.24, 2.45) is 0 Å². The Kier molecular flexibility index (Phi) is 6.80. The molecule has 40 heavy (non-hydrogen) atoms. The van der Waals surface area contributed by atoms with Gasteiger partial charge in [0.1, 0.15) is 18.4 Å². The van der Waals surface area contributed by atoms with Crippen molar-refractivity contribution in [3.05, 3.63) is 131 Å². The average Bonchev–Trinajstić information content (AvgIpc) is 3.40. The topological polar surface area (TPSA) is 94.0 Å². The minimum Gasteiger partial charge on any atom is -0.489 e. The van der Waals surface area contributed by atoms with Crippen LogP contribution in [0.5, 0.6) is 5.75 Å². The third-order valence-corrected chi connectivity index (χ3v) is 6.75. The number of aromatic nitrogens is 4. The van der Waals surface area contributed by atoms with E-state index in [1.165, 1.54) is 0 Å². The number of benzene rings is 3. The van der Waals surface area contributed by atoms with E-state index >= 15 is 0 Å². The van der Waals surface area contributed by atoms with Gasteiger partial charge in [-0.2, -0.15) is 4.98 Å². The first-order valence-corrected chi connectivity index (χ1v) is 13.0. The molecule has 1 unspecified atom stereocenters. The number of anilines is 2. The third kappa shape index (κ3) is 5.19. The van der Waals surface area contributed by atoms with Gasteiger partial charge in [0.2, 0.25) is 5.95 Å². The standard InChI is InChI=1S/C32H28N6O2/c1-21-13-15-24(16-14-21)30-36-32-34-22(2)28(31(39)35-26-11-7-17-33-19-26)29(38(32)37-30)25-10-6-12-27(18-25)40-20-23-8-4-3-5-9-23/h3-19,29H,20H2,1-2H3,(H,35,39)(H,34,36,37). The fraction of sp³-hybridized carbons (Fsp3) is 0.125. The average molecular weight is 529 g/mol. The zero-order chi connectivity index (χ0) is 27.5. The number of hydrogen-bond donors (Lipinski definition) is 2. The molecule has 0 fully saturated rings. The number of nitrogens with zero attached hydrogens (tertiary/aromatic N) is 4. The quantitative estimate of drug-likeness (QED) is 0.263. The van der Waals surface area contributed by atoms with Crippen LogP contribution in [0.15, 0.2) is 115 Å². The summed E-state index contributed by atoms with van der Waals surface area (Å²) in [5, 5.41) is 11.2. The Morgan fingerprint density at radius 3 is 2.58 bits per heavy atom. The van der Waals surface area contributed by atoms with Gasteiger partial charge in [-0.15, -0.1) is 5.10 Å². The molecule has 8 nitrogen and oxygen atoms in total. The maximum absolute atomic E-state index is 13.8. The van der Waals surface area contributed by atoms with Gasteiger partial charge in [0, 0.05) is 17.5 Å². The van der Waals surface area contributed by atoms with E-state index in [4.69, 9.17) is 14.8 Å². The lowest BCUT2D eigenvalue weighted by Crippen LogP contribution is -2.31. The first-order valence-electron chi connectivity index (χ1n) is 13.0. The van der Waals surface area contributed by atoms with E-state index in [2.05, 4.69) is 15.6 Å². The van der Waals surface area contributed by atoms with Crippen molar-refractivity contribution in [2.75, 3.05) is 10.6 Å². The molecule has 0 saturated heterocycles. The van der Waals surface area contributed by atoms with Gasteiger partial charge in [-0.1, -0.05) is 72.3 Å². The number of hydrogen-bond acceptors (Lipinski definition) is 6. The van der Waals surface area contributed by atoms with E-state index in [9.17, 15) is 4.79 Å². The molecule has 0 spiro atoms. The van der Waals surface area contributed by atoms with Crippen LogP contribution in [0.3, 0.4) is 0 Å². The number of rotatable bonds is 7. The number of nitrogens with one attached hydrogen (secondary N) is 2. The molecule has 1 aliphatic rings. The number of pyridine rings is 1. The molecule has 0 aliphatic carbocycles. The molecule has 1 amide bonds. The van der Waals surface area contributed by atoms with Crippen LogP contribution < -0.4 is 15.4 Å². The summed E-state index contributed by atoms with van der Waals surface area (Å²) in [7, 11) is 0. The van der Waals surface area contributed by atoms with Gasteiger partial charge in [0.05, 0.1) is 17.5 Å². The fourth-order valence-electron chi connectivity index (χ4n) is 4.73. The molecule has 1 atom stereocenters. The number of amides is 1. The molecule has 1 aliphatic heterocycles. The highest BCUT2D eigenvalue weighted by Crippen LogP contribution is 2.38. The highest BCUT2D eigenvalue weighted by atomic mass is 16.5. The Labute approximate surface area is 232 Å². The summed E-state index contributed by atoms with van der Waals surface area (Å²) in [4.78, 5) is 22.7. The Morgan fingerprint density at radius 1 is 0.975 bits per heavy atom. The maximum Gasteiger partial charge on any atom is 0.255 e. The normalized spacial score (nSPS) is 14.3.